The van der Waals surface area contributed by atoms with Crippen molar-refractivity contribution in [2.24, 2.45) is 0 Å². The van der Waals surface area contributed by atoms with Crippen molar-refractivity contribution in [3.63, 3.8) is 0 Å². The molecule has 6 nitrogen and oxygen atoms in total. The van der Waals surface area contributed by atoms with E-state index in [1.54, 1.807) is 31.4 Å². The first-order valence-corrected chi connectivity index (χ1v) is 8.20. The van der Waals surface area contributed by atoms with Crippen LogP contribution in [0.5, 0.6) is 11.5 Å². The number of nitrogens with one attached hydrogen (secondary N) is 1. The monoisotopic (exact) mass is 372 g/mol. The van der Waals surface area contributed by atoms with Crippen molar-refractivity contribution in [3.8, 4) is 22.8 Å². The summed E-state index contributed by atoms with van der Waals surface area (Å²) in [5.41, 5.74) is 1.84. The van der Waals surface area contributed by atoms with Gasteiger partial charge in [0.25, 0.3) is 0 Å². The molecule has 1 amide bonds. The second-order valence-corrected chi connectivity index (χ2v) is 5.92. The number of hydrogen-bond donors (Lipinski definition) is 1. The highest BCUT2D eigenvalue weighted by Crippen LogP contribution is 2.28. The van der Waals surface area contributed by atoms with Crippen LogP contribution in [0.3, 0.4) is 0 Å². The number of halogens is 1. The summed E-state index contributed by atoms with van der Waals surface area (Å²) in [4.78, 5) is 12.3. The fourth-order valence-electron chi connectivity index (χ4n) is 2.44. The predicted molar refractivity (Wildman–Crippen MR) is 98.8 cm³/mol. The summed E-state index contributed by atoms with van der Waals surface area (Å²) in [5, 5.41) is 7.23. The van der Waals surface area contributed by atoms with Gasteiger partial charge in [-0.2, -0.15) is 0 Å². The molecule has 1 heterocycles. The number of rotatable bonds is 6. The van der Waals surface area contributed by atoms with Crippen LogP contribution in [0.2, 0.25) is 5.02 Å². The maximum absolute atomic E-state index is 12.3. The van der Waals surface area contributed by atoms with Gasteiger partial charge in [-0.25, -0.2) is 0 Å². The van der Waals surface area contributed by atoms with E-state index in [0.29, 0.717) is 33.7 Å². The highest BCUT2D eigenvalue weighted by Gasteiger charge is 2.13. The molecule has 0 spiro atoms. The van der Waals surface area contributed by atoms with Gasteiger partial charge >= 0.3 is 0 Å². The Kier molecular flexibility index (Phi) is 5.43. The number of hydrogen-bond acceptors (Lipinski definition) is 5. The number of ether oxygens (including phenoxy) is 2. The first-order valence-electron chi connectivity index (χ1n) is 7.82. The Morgan fingerprint density at radius 1 is 1.15 bits per heavy atom. The van der Waals surface area contributed by atoms with E-state index in [9.17, 15) is 4.79 Å². The maximum Gasteiger partial charge on any atom is 0.230 e. The average molecular weight is 373 g/mol. The molecule has 0 saturated carbocycles. The first-order chi connectivity index (χ1) is 12.6. The number of benzene rings is 2. The van der Waals surface area contributed by atoms with Gasteiger partial charge in [0, 0.05) is 16.7 Å². The molecule has 0 unspecified atom stereocenters. The lowest BCUT2D eigenvalue weighted by Crippen LogP contribution is -2.15. The van der Waals surface area contributed by atoms with E-state index in [4.69, 9.17) is 25.6 Å². The number of nitrogens with zero attached hydrogens (tertiary/aromatic N) is 1. The Balaban J connectivity index is 1.71. The van der Waals surface area contributed by atoms with Gasteiger partial charge in [0.05, 0.1) is 32.0 Å². The summed E-state index contributed by atoms with van der Waals surface area (Å²) in [6.07, 6.45) is 0.0587. The SMILES string of the molecule is COc1cccc(-c2cc(CC(=O)Nc3cc(Cl)ccc3OC)no2)c1. The summed E-state index contributed by atoms with van der Waals surface area (Å²) >= 11 is 5.97. The lowest BCUT2D eigenvalue weighted by Gasteiger charge is -2.09. The van der Waals surface area contributed by atoms with Gasteiger partial charge in [0.1, 0.15) is 11.5 Å². The van der Waals surface area contributed by atoms with Crippen LogP contribution in [0.15, 0.2) is 53.1 Å². The third-order valence-electron chi connectivity index (χ3n) is 3.69. The van der Waals surface area contributed by atoms with Crippen molar-refractivity contribution in [2.45, 2.75) is 6.42 Å². The quantitative estimate of drug-likeness (QED) is 0.702. The largest absolute Gasteiger partial charge is 0.497 e. The summed E-state index contributed by atoms with van der Waals surface area (Å²) in [5.74, 6) is 1.55. The molecular weight excluding hydrogens is 356 g/mol. The predicted octanol–water partition coefficient (Wildman–Crippen LogP) is 4.19. The molecule has 0 aliphatic carbocycles. The fourth-order valence-corrected chi connectivity index (χ4v) is 2.62. The molecule has 3 aromatic rings. The van der Waals surface area contributed by atoms with Crippen LogP contribution < -0.4 is 14.8 Å². The zero-order valence-electron chi connectivity index (χ0n) is 14.3. The number of methoxy groups -OCH3 is 2. The Morgan fingerprint density at radius 2 is 2.00 bits per heavy atom. The molecule has 1 N–H and O–H groups in total. The van der Waals surface area contributed by atoms with Gasteiger partial charge in [-0.05, 0) is 30.3 Å². The minimum absolute atomic E-state index is 0.0587. The van der Waals surface area contributed by atoms with Crippen molar-refractivity contribution in [1.82, 2.24) is 5.16 Å². The van der Waals surface area contributed by atoms with E-state index >= 15 is 0 Å². The van der Waals surface area contributed by atoms with Crippen molar-refractivity contribution in [3.05, 3.63) is 59.2 Å². The molecule has 3 rings (SSSR count). The first kappa shape index (κ1) is 17.8. The third-order valence-corrected chi connectivity index (χ3v) is 3.93. The lowest BCUT2D eigenvalue weighted by atomic mass is 10.1. The van der Waals surface area contributed by atoms with Crippen LogP contribution >= 0.6 is 11.6 Å². The molecule has 0 radical (unpaired) electrons. The van der Waals surface area contributed by atoms with Crippen molar-refractivity contribution >= 4 is 23.2 Å². The van der Waals surface area contributed by atoms with Gasteiger partial charge in [-0.1, -0.05) is 28.9 Å². The maximum atomic E-state index is 12.3. The Morgan fingerprint density at radius 3 is 2.77 bits per heavy atom. The van der Waals surface area contributed by atoms with Crippen LogP contribution in [-0.4, -0.2) is 25.3 Å². The van der Waals surface area contributed by atoms with E-state index in [2.05, 4.69) is 10.5 Å². The molecule has 0 aliphatic rings. The minimum Gasteiger partial charge on any atom is -0.497 e. The molecule has 134 valence electrons. The van der Waals surface area contributed by atoms with Crippen LogP contribution in [0.4, 0.5) is 5.69 Å². The molecule has 0 saturated heterocycles. The zero-order valence-corrected chi connectivity index (χ0v) is 15.0. The van der Waals surface area contributed by atoms with Gasteiger partial charge in [-0.15, -0.1) is 0 Å². The number of aromatic nitrogens is 1. The molecule has 2 aromatic carbocycles. The fraction of sp³-hybridized carbons (Fsp3) is 0.158. The highest BCUT2D eigenvalue weighted by atomic mass is 35.5. The molecule has 0 bridgehead atoms. The van der Waals surface area contributed by atoms with Crippen LogP contribution in [-0.2, 0) is 11.2 Å². The molecule has 0 aliphatic heterocycles. The standard InChI is InChI=1S/C19H17ClN2O4/c1-24-15-5-3-4-12(8-15)18-10-14(22-26-18)11-19(23)21-16-9-13(20)6-7-17(16)25-2/h3-10H,11H2,1-2H3,(H,21,23). The van der Waals surface area contributed by atoms with E-state index in [1.807, 2.05) is 24.3 Å². The minimum atomic E-state index is -0.254. The summed E-state index contributed by atoms with van der Waals surface area (Å²) in [6, 6.07) is 14.1. The molecular formula is C19H17ClN2O4. The smallest absolute Gasteiger partial charge is 0.230 e. The van der Waals surface area contributed by atoms with E-state index < -0.39 is 0 Å². The van der Waals surface area contributed by atoms with Crippen LogP contribution in [0, 0.1) is 0 Å². The summed E-state index contributed by atoms with van der Waals surface area (Å²) in [6.45, 7) is 0. The third kappa shape index (κ3) is 4.15. The van der Waals surface area contributed by atoms with Crippen LogP contribution in [0.25, 0.3) is 11.3 Å². The topological polar surface area (TPSA) is 73.6 Å². The Labute approximate surface area is 155 Å². The summed E-state index contributed by atoms with van der Waals surface area (Å²) < 4.78 is 15.7. The number of carbonyl (C=O) groups excluding carboxylic acids is 1. The van der Waals surface area contributed by atoms with Crippen molar-refractivity contribution in [1.29, 1.82) is 0 Å². The van der Waals surface area contributed by atoms with Crippen molar-refractivity contribution < 1.29 is 18.8 Å². The molecule has 7 heteroatoms. The molecule has 1 aromatic heterocycles. The van der Waals surface area contributed by atoms with Gasteiger partial charge in [-0.3, -0.25) is 4.79 Å². The van der Waals surface area contributed by atoms with Crippen LogP contribution in [0.1, 0.15) is 5.69 Å². The number of anilines is 1. The zero-order chi connectivity index (χ0) is 18.5. The molecule has 26 heavy (non-hydrogen) atoms. The van der Waals surface area contributed by atoms with Gasteiger partial charge < -0.3 is 19.3 Å². The molecule has 0 fully saturated rings. The summed E-state index contributed by atoms with van der Waals surface area (Å²) in [7, 11) is 3.12. The van der Waals surface area contributed by atoms with Gasteiger partial charge in [0.15, 0.2) is 5.76 Å². The van der Waals surface area contributed by atoms with E-state index in [1.165, 1.54) is 7.11 Å². The van der Waals surface area contributed by atoms with E-state index in [-0.39, 0.29) is 12.3 Å². The van der Waals surface area contributed by atoms with Crippen molar-refractivity contribution in [2.75, 3.05) is 19.5 Å². The molecule has 0 atom stereocenters. The second kappa shape index (κ2) is 7.93. The Bertz CT molecular complexity index is 923. The number of amides is 1. The lowest BCUT2D eigenvalue weighted by molar-refractivity contribution is -0.115. The average Bonchev–Trinajstić information content (AvgIpc) is 3.10. The second-order valence-electron chi connectivity index (χ2n) is 5.48. The van der Waals surface area contributed by atoms with E-state index in [0.717, 1.165) is 5.56 Å². The normalized spacial score (nSPS) is 10.4. The van der Waals surface area contributed by atoms with Gasteiger partial charge in [0.2, 0.25) is 5.91 Å². The number of carbonyl (C=O) groups is 1. The Hall–Kier alpha value is -2.99. The highest BCUT2D eigenvalue weighted by molar-refractivity contribution is 6.31.